The van der Waals surface area contributed by atoms with Crippen LogP contribution in [0.15, 0.2) is 21.6 Å². The number of nitrogens with zero attached hydrogens (tertiary/aromatic N) is 1. The molecule has 0 fully saturated rings. The molecule has 68 valence electrons. The van der Waals surface area contributed by atoms with Crippen LogP contribution in [0.4, 0.5) is 4.39 Å². The number of hydrogen-bond donors (Lipinski definition) is 0. The predicted molar refractivity (Wildman–Crippen MR) is 54.9 cm³/mol. The molecule has 1 aliphatic heterocycles. The molecule has 13 heavy (non-hydrogen) atoms. The van der Waals surface area contributed by atoms with Crippen LogP contribution < -0.4 is 0 Å². The Morgan fingerprint density at radius 3 is 3.00 bits per heavy atom. The highest BCUT2D eigenvalue weighted by atomic mass is 79.9. The monoisotopic (exact) mass is 241 g/mol. The lowest BCUT2D eigenvalue weighted by Gasteiger charge is -2.14. The summed E-state index contributed by atoms with van der Waals surface area (Å²) in [6.45, 7) is 2.74. The van der Waals surface area contributed by atoms with Crippen molar-refractivity contribution < 1.29 is 4.39 Å². The summed E-state index contributed by atoms with van der Waals surface area (Å²) in [5.41, 5.74) is 3.13. The van der Waals surface area contributed by atoms with Gasteiger partial charge >= 0.3 is 0 Å². The zero-order valence-electron chi connectivity index (χ0n) is 7.27. The van der Waals surface area contributed by atoms with E-state index in [9.17, 15) is 4.39 Å². The lowest BCUT2D eigenvalue weighted by Crippen LogP contribution is -2.10. The molecular weight excluding hydrogens is 233 g/mol. The van der Waals surface area contributed by atoms with Gasteiger partial charge in [0.1, 0.15) is 5.82 Å². The molecule has 0 N–H and O–H groups in total. The summed E-state index contributed by atoms with van der Waals surface area (Å²) in [5, 5.41) is 0. The van der Waals surface area contributed by atoms with Gasteiger partial charge in [0.25, 0.3) is 0 Å². The summed E-state index contributed by atoms with van der Waals surface area (Å²) in [5.74, 6) is -0.187. The highest BCUT2D eigenvalue weighted by Gasteiger charge is 2.13. The SMILES string of the molecule is CC1=NCCc2cc(F)c(Br)cc21. The Morgan fingerprint density at radius 1 is 1.46 bits per heavy atom. The molecule has 0 spiro atoms. The van der Waals surface area contributed by atoms with Gasteiger partial charge < -0.3 is 0 Å². The second-order valence-corrected chi connectivity index (χ2v) is 3.99. The molecule has 1 aromatic rings. The lowest BCUT2D eigenvalue weighted by molar-refractivity contribution is 0.618. The van der Waals surface area contributed by atoms with Gasteiger partial charge in [0.15, 0.2) is 0 Å². The van der Waals surface area contributed by atoms with Crippen LogP contribution in [0.25, 0.3) is 0 Å². The van der Waals surface area contributed by atoms with Crippen LogP contribution in [-0.4, -0.2) is 12.3 Å². The predicted octanol–water partition coefficient (Wildman–Crippen LogP) is 2.95. The Hall–Kier alpha value is -0.700. The fourth-order valence-electron chi connectivity index (χ4n) is 1.56. The zero-order chi connectivity index (χ0) is 9.42. The topological polar surface area (TPSA) is 12.4 Å². The molecule has 1 heterocycles. The molecule has 3 heteroatoms. The maximum Gasteiger partial charge on any atom is 0.137 e. The first-order chi connectivity index (χ1) is 6.18. The van der Waals surface area contributed by atoms with Crippen molar-refractivity contribution in [3.63, 3.8) is 0 Å². The van der Waals surface area contributed by atoms with Crippen LogP contribution in [-0.2, 0) is 6.42 Å². The Balaban J connectivity index is 2.61. The van der Waals surface area contributed by atoms with E-state index in [0.29, 0.717) is 4.47 Å². The maximum absolute atomic E-state index is 13.1. The molecule has 0 saturated heterocycles. The smallest absolute Gasteiger partial charge is 0.137 e. The highest BCUT2D eigenvalue weighted by Crippen LogP contribution is 2.24. The van der Waals surface area contributed by atoms with Crippen LogP contribution >= 0.6 is 15.9 Å². The molecule has 1 nitrogen and oxygen atoms in total. The average molecular weight is 242 g/mol. The minimum absolute atomic E-state index is 0.187. The lowest BCUT2D eigenvalue weighted by atomic mass is 9.98. The molecule has 1 aromatic carbocycles. The van der Waals surface area contributed by atoms with Crippen LogP contribution in [0.1, 0.15) is 18.1 Å². The van der Waals surface area contributed by atoms with Gasteiger partial charge in [-0.1, -0.05) is 0 Å². The van der Waals surface area contributed by atoms with Gasteiger partial charge in [-0.2, -0.15) is 0 Å². The first kappa shape index (κ1) is 8.88. The van der Waals surface area contributed by atoms with Crippen LogP contribution in [0.2, 0.25) is 0 Å². The van der Waals surface area contributed by atoms with Gasteiger partial charge in [0.05, 0.1) is 4.47 Å². The van der Waals surface area contributed by atoms with E-state index >= 15 is 0 Å². The first-order valence-electron chi connectivity index (χ1n) is 4.18. The number of fused-ring (bicyclic) bond motifs is 1. The van der Waals surface area contributed by atoms with Gasteiger partial charge in [0, 0.05) is 12.3 Å². The standard InChI is InChI=1S/C10H9BrFN/c1-6-8-5-9(11)10(12)4-7(8)2-3-13-6/h4-5H,2-3H2,1H3. The minimum Gasteiger partial charge on any atom is -0.289 e. The first-order valence-corrected chi connectivity index (χ1v) is 4.97. The highest BCUT2D eigenvalue weighted by molar-refractivity contribution is 9.10. The van der Waals surface area contributed by atoms with Crippen LogP contribution in [0.5, 0.6) is 0 Å². The molecule has 0 aliphatic carbocycles. The van der Waals surface area contributed by atoms with Crippen molar-refractivity contribution >= 4 is 21.6 Å². The Kier molecular flexibility index (Phi) is 2.20. The summed E-state index contributed by atoms with van der Waals surface area (Å²) in [6, 6.07) is 3.40. The number of hydrogen-bond acceptors (Lipinski definition) is 1. The molecule has 0 bridgehead atoms. The quantitative estimate of drug-likeness (QED) is 0.663. The number of aliphatic imine (C=N–C) groups is 1. The van der Waals surface area contributed by atoms with Crippen LogP contribution in [0.3, 0.4) is 0 Å². The van der Waals surface area contributed by atoms with Crippen LogP contribution in [0, 0.1) is 5.82 Å². The average Bonchev–Trinajstić information content (AvgIpc) is 2.09. The second kappa shape index (κ2) is 3.22. The van der Waals surface area contributed by atoms with Gasteiger partial charge in [0.2, 0.25) is 0 Å². The van der Waals surface area contributed by atoms with Gasteiger partial charge in [-0.3, -0.25) is 4.99 Å². The molecule has 0 amide bonds. The summed E-state index contributed by atoms with van der Waals surface area (Å²) in [4.78, 5) is 4.32. The van der Waals surface area contributed by atoms with Gasteiger partial charge in [-0.05, 0) is 52.5 Å². The summed E-state index contributed by atoms with van der Waals surface area (Å²) in [6.07, 6.45) is 0.844. The fraction of sp³-hybridized carbons (Fsp3) is 0.300. The van der Waals surface area contributed by atoms with Crippen molar-refractivity contribution in [2.45, 2.75) is 13.3 Å². The van der Waals surface area contributed by atoms with E-state index in [1.807, 2.05) is 13.0 Å². The number of benzene rings is 1. The summed E-state index contributed by atoms with van der Waals surface area (Å²) < 4.78 is 13.7. The van der Waals surface area contributed by atoms with Crippen molar-refractivity contribution in [3.05, 3.63) is 33.5 Å². The normalized spacial score (nSPS) is 15.2. The van der Waals surface area contributed by atoms with Crippen molar-refractivity contribution in [1.29, 1.82) is 0 Å². The third-order valence-electron chi connectivity index (χ3n) is 2.27. The van der Waals surface area contributed by atoms with E-state index in [-0.39, 0.29) is 5.82 Å². The number of rotatable bonds is 0. The van der Waals surface area contributed by atoms with E-state index < -0.39 is 0 Å². The van der Waals surface area contributed by atoms with E-state index in [2.05, 4.69) is 20.9 Å². The minimum atomic E-state index is -0.187. The molecule has 0 aromatic heterocycles. The largest absolute Gasteiger partial charge is 0.289 e. The van der Waals surface area contributed by atoms with Gasteiger partial charge in [-0.25, -0.2) is 4.39 Å². The Labute approximate surface area is 84.8 Å². The van der Waals surface area contributed by atoms with E-state index in [1.54, 1.807) is 6.07 Å². The van der Waals surface area contributed by atoms with Crippen molar-refractivity contribution in [2.24, 2.45) is 4.99 Å². The second-order valence-electron chi connectivity index (χ2n) is 3.14. The molecular formula is C10H9BrFN. The molecule has 1 aliphatic rings. The molecule has 0 radical (unpaired) electrons. The molecule has 0 atom stereocenters. The zero-order valence-corrected chi connectivity index (χ0v) is 8.86. The number of halogens is 2. The third-order valence-corrected chi connectivity index (χ3v) is 2.87. The van der Waals surface area contributed by atoms with Crippen molar-refractivity contribution in [2.75, 3.05) is 6.54 Å². The Bertz CT molecular complexity index is 385. The van der Waals surface area contributed by atoms with E-state index in [1.165, 1.54) is 0 Å². The summed E-state index contributed by atoms with van der Waals surface area (Å²) in [7, 11) is 0. The van der Waals surface area contributed by atoms with Gasteiger partial charge in [-0.15, -0.1) is 0 Å². The molecule has 0 saturated carbocycles. The van der Waals surface area contributed by atoms with Crippen molar-refractivity contribution in [1.82, 2.24) is 0 Å². The summed E-state index contributed by atoms with van der Waals surface area (Å²) >= 11 is 3.17. The fourth-order valence-corrected chi connectivity index (χ4v) is 1.90. The van der Waals surface area contributed by atoms with Crippen molar-refractivity contribution in [3.8, 4) is 0 Å². The van der Waals surface area contributed by atoms with E-state index in [0.717, 1.165) is 29.8 Å². The van der Waals surface area contributed by atoms with E-state index in [4.69, 9.17) is 0 Å². The molecule has 0 unspecified atom stereocenters. The maximum atomic E-state index is 13.1. The molecule has 2 rings (SSSR count). The third kappa shape index (κ3) is 1.53. The Morgan fingerprint density at radius 2 is 2.23 bits per heavy atom.